The standard InChI is InChI=1S/C18H26O2.C4H8.2C2H6/c1-2-3-14-4-6-15(7-5-14)8-9-16-10-12-17(13-11-16)18(19)20;1-3-4-2;2*1-2/h4-7,16-17H,2-3,8-13H2,1H3,(H,19,20);3H,1,4H2,2H3;2*1-2H3. The molecule has 1 aromatic carbocycles. The van der Waals surface area contributed by atoms with Crippen molar-refractivity contribution in [1.82, 2.24) is 0 Å². The van der Waals surface area contributed by atoms with Gasteiger partial charge >= 0.3 is 5.97 Å². The number of carbonyl (C=O) groups is 1. The first kappa shape index (κ1) is 28.6. The van der Waals surface area contributed by atoms with Gasteiger partial charge in [-0.3, -0.25) is 4.79 Å². The lowest BCUT2D eigenvalue weighted by Crippen LogP contribution is -2.21. The predicted octanol–water partition coefficient (Wildman–Crippen LogP) is 8.10. The van der Waals surface area contributed by atoms with E-state index in [1.54, 1.807) is 0 Å². The Morgan fingerprint density at radius 2 is 1.39 bits per heavy atom. The Hall–Kier alpha value is -1.57. The summed E-state index contributed by atoms with van der Waals surface area (Å²) in [5.41, 5.74) is 2.85. The minimum Gasteiger partial charge on any atom is -0.481 e. The number of hydrogen-bond acceptors (Lipinski definition) is 1. The number of carboxylic acid groups (broad SMARTS) is 1. The summed E-state index contributed by atoms with van der Waals surface area (Å²) in [6.07, 6.45) is 11.6. The van der Waals surface area contributed by atoms with Gasteiger partial charge in [0.1, 0.15) is 0 Å². The molecule has 0 atom stereocenters. The van der Waals surface area contributed by atoms with Crippen LogP contribution in [-0.2, 0) is 17.6 Å². The summed E-state index contributed by atoms with van der Waals surface area (Å²) >= 11 is 0. The minimum absolute atomic E-state index is 0.0837. The molecular weight excluding hydrogens is 344 g/mol. The Kier molecular flexibility index (Phi) is 20.6. The molecule has 1 aliphatic rings. The summed E-state index contributed by atoms with van der Waals surface area (Å²) in [7, 11) is 0. The average molecular weight is 391 g/mol. The third-order valence-corrected chi connectivity index (χ3v) is 4.89. The van der Waals surface area contributed by atoms with Crippen molar-refractivity contribution < 1.29 is 9.90 Å². The van der Waals surface area contributed by atoms with Gasteiger partial charge in [0, 0.05) is 0 Å². The van der Waals surface area contributed by atoms with E-state index >= 15 is 0 Å². The molecule has 28 heavy (non-hydrogen) atoms. The van der Waals surface area contributed by atoms with Gasteiger partial charge in [-0.1, -0.05) is 78.3 Å². The van der Waals surface area contributed by atoms with Crippen LogP contribution in [0.5, 0.6) is 0 Å². The molecule has 1 aliphatic carbocycles. The maximum Gasteiger partial charge on any atom is 0.306 e. The van der Waals surface area contributed by atoms with Crippen molar-refractivity contribution in [3.8, 4) is 0 Å². The first-order chi connectivity index (χ1) is 13.6. The van der Waals surface area contributed by atoms with E-state index in [1.165, 1.54) is 30.4 Å². The van der Waals surface area contributed by atoms with Gasteiger partial charge in [0.15, 0.2) is 0 Å². The third kappa shape index (κ3) is 13.6. The molecule has 2 rings (SSSR count). The van der Waals surface area contributed by atoms with Crippen LogP contribution in [-0.4, -0.2) is 11.1 Å². The van der Waals surface area contributed by atoms with Gasteiger partial charge in [0.05, 0.1) is 5.92 Å². The first-order valence-corrected chi connectivity index (χ1v) is 11.5. The zero-order chi connectivity index (χ0) is 21.8. The fourth-order valence-electron chi connectivity index (χ4n) is 3.23. The molecule has 2 nitrogen and oxygen atoms in total. The molecule has 2 heteroatoms. The van der Waals surface area contributed by atoms with E-state index in [9.17, 15) is 4.79 Å². The third-order valence-electron chi connectivity index (χ3n) is 4.89. The molecule has 1 saturated carbocycles. The van der Waals surface area contributed by atoms with Gasteiger partial charge in [0.2, 0.25) is 0 Å². The maximum atomic E-state index is 10.9. The minimum atomic E-state index is -0.602. The topological polar surface area (TPSA) is 37.3 Å². The quantitative estimate of drug-likeness (QED) is 0.477. The zero-order valence-corrected chi connectivity index (χ0v) is 19.5. The molecule has 0 heterocycles. The zero-order valence-electron chi connectivity index (χ0n) is 19.5. The van der Waals surface area contributed by atoms with Gasteiger partial charge in [-0.2, -0.15) is 0 Å². The molecule has 0 aliphatic heterocycles. The van der Waals surface area contributed by atoms with Crippen LogP contribution >= 0.6 is 0 Å². The van der Waals surface area contributed by atoms with E-state index < -0.39 is 5.97 Å². The van der Waals surface area contributed by atoms with Crippen molar-refractivity contribution in [3.05, 3.63) is 48.0 Å². The normalized spacial score (nSPS) is 17.5. The lowest BCUT2D eigenvalue weighted by atomic mass is 9.79. The molecule has 162 valence electrons. The van der Waals surface area contributed by atoms with Crippen LogP contribution in [0.25, 0.3) is 0 Å². The Morgan fingerprint density at radius 1 is 0.964 bits per heavy atom. The second kappa shape index (κ2) is 20.2. The molecule has 0 spiro atoms. The Balaban J connectivity index is 0. The highest BCUT2D eigenvalue weighted by molar-refractivity contribution is 5.69. The van der Waals surface area contributed by atoms with Crippen molar-refractivity contribution in [2.45, 2.75) is 99.3 Å². The van der Waals surface area contributed by atoms with E-state index in [0.717, 1.165) is 44.4 Å². The summed E-state index contributed by atoms with van der Waals surface area (Å²) in [6.45, 7) is 15.8. The number of allylic oxidation sites excluding steroid dienone is 1. The lowest BCUT2D eigenvalue weighted by molar-refractivity contribution is -0.143. The summed E-state index contributed by atoms with van der Waals surface area (Å²) in [4.78, 5) is 10.9. The number of aliphatic carboxylic acids is 1. The maximum absolute atomic E-state index is 10.9. The highest BCUT2D eigenvalue weighted by Crippen LogP contribution is 2.31. The second-order valence-corrected chi connectivity index (χ2v) is 6.86. The van der Waals surface area contributed by atoms with Gasteiger partial charge in [-0.25, -0.2) is 0 Å². The smallest absolute Gasteiger partial charge is 0.306 e. The van der Waals surface area contributed by atoms with Crippen molar-refractivity contribution in [3.63, 3.8) is 0 Å². The summed E-state index contributed by atoms with van der Waals surface area (Å²) < 4.78 is 0. The monoisotopic (exact) mass is 390 g/mol. The first-order valence-electron chi connectivity index (χ1n) is 11.5. The lowest BCUT2D eigenvalue weighted by Gasteiger charge is -2.26. The van der Waals surface area contributed by atoms with Gasteiger partial charge in [-0.15, -0.1) is 6.58 Å². The van der Waals surface area contributed by atoms with Gasteiger partial charge < -0.3 is 5.11 Å². The highest BCUT2D eigenvalue weighted by atomic mass is 16.4. The van der Waals surface area contributed by atoms with Crippen LogP contribution < -0.4 is 0 Å². The molecule has 0 radical (unpaired) electrons. The van der Waals surface area contributed by atoms with Crippen molar-refractivity contribution in [2.75, 3.05) is 0 Å². The van der Waals surface area contributed by atoms with Crippen molar-refractivity contribution in [2.24, 2.45) is 11.8 Å². The molecule has 1 N–H and O–H groups in total. The van der Waals surface area contributed by atoms with Crippen molar-refractivity contribution in [1.29, 1.82) is 0 Å². The molecule has 0 aromatic heterocycles. The highest BCUT2D eigenvalue weighted by Gasteiger charge is 2.25. The summed E-state index contributed by atoms with van der Waals surface area (Å²) in [5.74, 6) is 0.0375. The number of benzene rings is 1. The Bertz CT molecular complexity index is 468. The van der Waals surface area contributed by atoms with Crippen LogP contribution in [0.2, 0.25) is 0 Å². The summed E-state index contributed by atoms with van der Waals surface area (Å²) in [5, 5.41) is 9.00. The van der Waals surface area contributed by atoms with Gasteiger partial charge in [-0.05, 0) is 68.4 Å². The predicted molar refractivity (Wildman–Crippen MR) is 125 cm³/mol. The average Bonchev–Trinajstić information content (AvgIpc) is 2.77. The Morgan fingerprint density at radius 3 is 1.75 bits per heavy atom. The van der Waals surface area contributed by atoms with Crippen LogP contribution in [0.4, 0.5) is 0 Å². The van der Waals surface area contributed by atoms with E-state index in [4.69, 9.17) is 5.11 Å². The molecule has 1 fully saturated rings. The van der Waals surface area contributed by atoms with E-state index in [1.807, 2.05) is 33.8 Å². The fourth-order valence-corrected chi connectivity index (χ4v) is 3.23. The van der Waals surface area contributed by atoms with Gasteiger partial charge in [0.25, 0.3) is 0 Å². The molecule has 0 unspecified atom stereocenters. The number of aryl methyl sites for hydroxylation is 2. The molecule has 0 saturated heterocycles. The van der Waals surface area contributed by atoms with Crippen molar-refractivity contribution >= 4 is 5.97 Å². The molecular formula is C26H46O2. The second-order valence-electron chi connectivity index (χ2n) is 6.86. The number of rotatable bonds is 7. The number of hydrogen-bond donors (Lipinski definition) is 1. The van der Waals surface area contributed by atoms with E-state index in [0.29, 0.717) is 0 Å². The number of carboxylic acids is 1. The van der Waals surface area contributed by atoms with Crippen LogP contribution in [0.15, 0.2) is 36.9 Å². The van der Waals surface area contributed by atoms with Crippen LogP contribution in [0.1, 0.15) is 97.6 Å². The fraction of sp³-hybridized carbons (Fsp3) is 0.654. The van der Waals surface area contributed by atoms with E-state index in [-0.39, 0.29) is 5.92 Å². The summed E-state index contributed by atoms with van der Waals surface area (Å²) in [6, 6.07) is 9.02. The Labute approximate surface area is 175 Å². The molecule has 0 bridgehead atoms. The van der Waals surface area contributed by atoms with Crippen LogP contribution in [0.3, 0.4) is 0 Å². The SMILES string of the molecule is C=CCC.CC.CC.CCCc1ccc(CCC2CCC(C(=O)O)CC2)cc1. The van der Waals surface area contributed by atoms with Crippen LogP contribution in [0, 0.1) is 11.8 Å². The largest absolute Gasteiger partial charge is 0.481 e. The molecule has 0 amide bonds. The molecule has 1 aromatic rings. The van der Waals surface area contributed by atoms with E-state index in [2.05, 4.69) is 44.7 Å².